The number of nitriles is 1. The van der Waals surface area contributed by atoms with Crippen molar-refractivity contribution in [3.8, 4) is 11.8 Å². The lowest BCUT2D eigenvalue weighted by Crippen LogP contribution is -2.09. The number of hydrogen-bond acceptors (Lipinski definition) is 3. The number of hydrogen-bond donors (Lipinski definition) is 2. The van der Waals surface area contributed by atoms with Gasteiger partial charge in [0.2, 0.25) is 0 Å². The summed E-state index contributed by atoms with van der Waals surface area (Å²) in [6.07, 6.45) is -0.0233. The Morgan fingerprint density at radius 1 is 1.50 bits per heavy atom. The lowest BCUT2D eigenvalue weighted by atomic mass is 10.0. The minimum atomic E-state index is -1.31. The molecule has 3 nitrogen and oxygen atoms in total. The Morgan fingerprint density at radius 2 is 2.14 bits per heavy atom. The molecule has 0 fully saturated rings. The summed E-state index contributed by atoms with van der Waals surface area (Å²) >= 11 is 0. The van der Waals surface area contributed by atoms with Gasteiger partial charge in [0.25, 0.3) is 0 Å². The fraction of sp³-hybridized carbons (Fsp3) is 0.222. The lowest BCUT2D eigenvalue weighted by Gasteiger charge is -2.08. The molecular formula is C9H8F2N2O. The minimum Gasteiger partial charge on any atom is -0.505 e. The SMILES string of the molecule is N#CCC(N)c1cc(O)c(F)c(F)c1. The average molecular weight is 198 g/mol. The zero-order valence-corrected chi connectivity index (χ0v) is 7.17. The van der Waals surface area contributed by atoms with Crippen molar-refractivity contribution >= 4 is 0 Å². The molecule has 14 heavy (non-hydrogen) atoms. The summed E-state index contributed by atoms with van der Waals surface area (Å²) in [4.78, 5) is 0. The second kappa shape index (κ2) is 4.03. The molecule has 1 atom stereocenters. The summed E-state index contributed by atoms with van der Waals surface area (Å²) in [6, 6.07) is 2.96. The summed E-state index contributed by atoms with van der Waals surface area (Å²) in [6.45, 7) is 0. The van der Waals surface area contributed by atoms with Crippen LogP contribution in [0, 0.1) is 23.0 Å². The highest BCUT2D eigenvalue weighted by molar-refractivity contribution is 5.32. The summed E-state index contributed by atoms with van der Waals surface area (Å²) < 4.78 is 25.4. The standard InChI is InChI=1S/C9H8F2N2O/c10-6-3-5(7(13)1-2-12)4-8(14)9(6)11/h3-4,7,14H,1,13H2. The van der Waals surface area contributed by atoms with Crippen LogP contribution in [0.1, 0.15) is 18.0 Å². The number of rotatable bonds is 2. The Balaban J connectivity index is 3.07. The Kier molecular flexibility index (Phi) is 2.99. The van der Waals surface area contributed by atoms with Crippen molar-refractivity contribution < 1.29 is 13.9 Å². The summed E-state index contributed by atoms with van der Waals surface area (Å²) in [5, 5.41) is 17.3. The third-order valence-corrected chi connectivity index (χ3v) is 1.77. The number of aromatic hydroxyl groups is 1. The molecule has 1 aromatic rings. The van der Waals surface area contributed by atoms with Crippen molar-refractivity contribution in [3.05, 3.63) is 29.3 Å². The van der Waals surface area contributed by atoms with Gasteiger partial charge in [-0.15, -0.1) is 0 Å². The van der Waals surface area contributed by atoms with E-state index in [4.69, 9.17) is 16.1 Å². The molecule has 0 aliphatic carbocycles. The molecule has 3 N–H and O–H groups in total. The van der Waals surface area contributed by atoms with Crippen molar-refractivity contribution in [2.75, 3.05) is 0 Å². The molecule has 0 aliphatic rings. The third kappa shape index (κ3) is 1.98. The molecule has 0 spiro atoms. The van der Waals surface area contributed by atoms with Gasteiger partial charge < -0.3 is 10.8 Å². The van der Waals surface area contributed by atoms with Crippen LogP contribution in [0.3, 0.4) is 0 Å². The van der Waals surface area contributed by atoms with Crippen molar-refractivity contribution in [3.63, 3.8) is 0 Å². The molecule has 74 valence electrons. The predicted octanol–water partition coefficient (Wildman–Crippen LogP) is 1.58. The van der Waals surface area contributed by atoms with Crippen molar-refractivity contribution in [1.82, 2.24) is 0 Å². The second-order valence-electron chi connectivity index (χ2n) is 2.80. The van der Waals surface area contributed by atoms with E-state index in [9.17, 15) is 8.78 Å². The first-order valence-electron chi connectivity index (χ1n) is 3.86. The fourth-order valence-electron chi connectivity index (χ4n) is 1.03. The Morgan fingerprint density at radius 3 is 2.64 bits per heavy atom. The lowest BCUT2D eigenvalue weighted by molar-refractivity contribution is 0.405. The first kappa shape index (κ1) is 10.4. The summed E-state index contributed by atoms with van der Waals surface area (Å²) in [5.74, 6) is -3.28. The summed E-state index contributed by atoms with van der Waals surface area (Å²) in [5.41, 5.74) is 5.67. The Bertz CT molecular complexity index is 364. The van der Waals surface area contributed by atoms with E-state index in [2.05, 4.69) is 0 Å². The van der Waals surface area contributed by atoms with Gasteiger partial charge in [-0.3, -0.25) is 0 Å². The Labute approximate surface area is 79.4 Å². The van der Waals surface area contributed by atoms with Crippen LogP contribution >= 0.6 is 0 Å². The smallest absolute Gasteiger partial charge is 0.200 e. The quantitative estimate of drug-likeness (QED) is 0.757. The monoisotopic (exact) mass is 198 g/mol. The molecule has 1 rings (SSSR count). The first-order chi connectivity index (χ1) is 6.56. The van der Waals surface area contributed by atoms with E-state index in [1.165, 1.54) is 0 Å². The van der Waals surface area contributed by atoms with Gasteiger partial charge >= 0.3 is 0 Å². The van der Waals surface area contributed by atoms with Crippen LogP contribution in [0.25, 0.3) is 0 Å². The number of nitrogens with two attached hydrogens (primary N) is 1. The molecule has 0 bridgehead atoms. The fourth-order valence-corrected chi connectivity index (χ4v) is 1.03. The Hall–Kier alpha value is -1.67. The first-order valence-corrected chi connectivity index (χ1v) is 3.86. The van der Waals surface area contributed by atoms with Crippen LogP contribution in [-0.4, -0.2) is 5.11 Å². The molecule has 0 aliphatic heterocycles. The van der Waals surface area contributed by atoms with Crippen molar-refractivity contribution in [2.24, 2.45) is 5.73 Å². The number of benzene rings is 1. The van der Waals surface area contributed by atoms with Crippen molar-refractivity contribution in [1.29, 1.82) is 5.26 Å². The number of halogens is 2. The van der Waals surface area contributed by atoms with E-state index in [1.54, 1.807) is 6.07 Å². The highest BCUT2D eigenvalue weighted by atomic mass is 19.2. The minimum absolute atomic E-state index is 0.0233. The molecule has 1 aromatic carbocycles. The van der Waals surface area contributed by atoms with E-state index in [0.717, 1.165) is 12.1 Å². The van der Waals surface area contributed by atoms with Crippen molar-refractivity contribution in [2.45, 2.75) is 12.5 Å². The van der Waals surface area contributed by atoms with Gasteiger partial charge in [0.1, 0.15) is 0 Å². The molecule has 0 saturated carbocycles. The maximum absolute atomic E-state index is 12.8. The van der Waals surface area contributed by atoms with E-state index < -0.39 is 23.4 Å². The van der Waals surface area contributed by atoms with E-state index in [0.29, 0.717) is 0 Å². The van der Waals surface area contributed by atoms with Gasteiger partial charge in [-0.1, -0.05) is 0 Å². The number of phenols is 1. The zero-order chi connectivity index (χ0) is 10.7. The van der Waals surface area contributed by atoms with Crippen LogP contribution in [0.4, 0.5) is 8.78 Å². The van der Waals surface area contributed by atoms with Gasteiger partial charge in [-0.25, -0.2) is 4.39 Å². The third-order valence-electron chi connectivity index (χ3n) is 1.77. The van der Waals surface area contributed by atoms with E-state index in [1.807, 2.05) is 0 Å². The average Bonchev–Trinajstić information content (AvgIpc) is 2.13. The van der Waals surface area contributed by atoms with Crippen LogP contribution in [-0.2, 0) is 0 Å². The van der Waals surface area contributed by atoms with Crippen LogP contribution in [0.2, 0.25) is 0 Å². The van der Waals surface area contributed by atoms with Crippen LogP contribution < -0.4 is 5.73 Å². The molecule has 5 heteroatoms. The maximum atomic E-state index is 12.8. The highest BCUT2D eigenvalue weighted by Gasteiger charge is 2.13. The predicted molar refractivity (Wildman–Crippen MR) is 45.2 cm³/mol. The molecule has 0 radical (unpaired) electrons. The largest absolute Gasteiger partial charge is 0.505 e. The van der Waals surface area contributed by atoms with E-state index in [-0.39, 0.29) is 12.0 Å². The molecule has 0 aromatic heterocycles. The van der Waals surface area contributed by atoms with Crippen LogP contribution in [0.15, 0.2) is 12.1 Å². The van der Waals surface area contributed by atoms with Gasteiger partial charge in [-0.2, -0.15) is 9.65 Å². The molecule has 0 heterocycles. The number of phenolic OH excluding ortho intramolecular Hbond substituents is 1. The van der Waals surface area contributed by atoms with Gasteiger partial charge in [0.05, 0.1) is 12.5 Å². The number of nitrogens with zero attached hydrogens (tertiary/aromatic N) is 1. The van der Waals surface area contributed by atoms with Gasteiger partial charge in [-0.05, 0) is 17.7 Å². The normalized spacial score (nSPS) is 12.1. The highest BCUT2D eigenvalue weighted by Crippen LogP contribution is 2.24. The maximum Gasteiger partial charge on any atom is 0.200 e. The molecule has 0 amide bonds. The summed E-state index contributed by atoms with van der Waals surface area (Å²) in [7, 11) is 0. The van der Waals surface area contributed by atoms with Gasteiger partial charge in [0.15, 0.2) is 17.4 Å². The van der Waals surface area contributed by atoms with E-state index >= 15 is 0 Å². The zero-order valence-electron chi connectivity index (χ0n) is 7.17. The molecule has 0 saturated heterocycles. The topological polar surface area (TPSA) is 70.0 Å². The molecular weight excluding hydrogens is 190 g/mol. The second-order valence-corrected chi connectivity index (χ2v) is 2.80. The van der Waals surface area contributed by atoms with Gasteiger partial charge in [0, 0.05) is 6.04 Å². The van der Waals surface area contributed by atoms with Crippen LogP contribution in [0.5, 0.6) is 5.75 Å². The molecule has 1 unspecified atom stereocenters.